The number of benzene rings is 2. The van der Waals surface area contributed by atoms with Crippen LogP contribution in [0.1, 0.15) is 32.8 Å². The molecule has 0 saturated heterocycles. The lowest BCUT2D eigenvalue weighted by Crippen LogP contribution is -2.06. The van der Waals surface area contributed by atoms with Crippen LogP contribution in [0.2, 0.25) is 5.02 Å². The Morgan fingerprint density at radius 3 is 2.73 bits per heavy atom. The average Bonchev–Trinajstić information content (AvgIpc) is 3.41. The smallest absolute Gasteiger partial charge is 0.194 e. The molecule has 0 unspecified atom stereocenters. The van der Waals surface area contributed by atoms with Crippen LogP contribution in [0.5, 0.6) is 0 Å². The lowest BCUT2D eigenvalue weighted by molar-refractivity contribution is 0.378. The Morgan fingerprint density at radius 2 is 1.93 bits per heavy atom. The molecule has 0 amide bonds. The first-order valence-electron chi connectivity index (χ1n) is 10.1. The number of hydrogen-bond acceptors (Lipinski definition) is 3. The molecular formula is C24H23ClN4S. The SMILES string of the molecule is CC(C)(C)CCc1cn(-c2nc(-c3nc4ccccc4[nH]3)cs2)c2cc(Cl)ccc12. The number of aromatic nitrogens is 4. The summed E-state index contributed by atoms with van der Waals surface area (Å²) in [6, 6.07) is 14.2. The Morgan fingerprint density at radius 1 is 1.10 bits per heavy atom. The molecule has 5 aromatic rings. The molecule has 5 rings (SSSR count). The van der Waals surface area contributed by atoms with Gasteiger partial charge < -0.3 is 4.98 Å². The average molecular weight is 435 g/mol. The number of H-pyrrole nitrogens is 1. The van der Waals surface area contributed by atoms with Crippen LogP contribution in [0.4, 0.5) is 0 Å². The van der Waals surface area contributed by atoms with Gasteiger partial charge in [0.05, 0.1) is 16.6 Å². The third-order valence-corrected chi connectivity index (χ3v) is 6.40. The van der Waals surface area contributed by atoms with E-state index in [0.29, 0.717) is 0 Å². The standard InChI is InChI=1S/C24H23ClN4S/c1-24(2,3)11-10-15-13-29(21-12-16(25)8-9-17(15)21)23-28-20(14-30-23)22-26-18-6-4-5-7-19(18)27-22/h4-9,12-14H,10-11H2,1-3H3,(H,26,27). The Balaban J connectivity index is 1.57. The van der Waals surface area contributed by atoms with Crippen LogP contribution in [0.15, 0.2) is 54.0 Å². The second-order valence-corrected chi connectivity index (χ2v) is 10.1. The van der Waals surface area contributed by atoms with Gasteiger partial charge in [0.2, 0.25) is 0 Å². The molecule has 2 aromatic carbocycles. The van der Waals surface area contributed by atoms with E-state index in [2.05, 4.69) is 52.9 Å². The number of nitrogens with one attached hydrogen (secondary N) is 1. The summed E-state index contributed by atoms with van der Waals surface area (Å²) in [5.74, 6) is 0.793. The molecule has 0 fully saturated rings. The number of hydrogen-bond donors (Lipinski definition) is 1. The molecule has 0 aliphatic rings. The molecule has 3 heterocycles. The van der Waals surface area contributed by atoms with Crippen LogP contribution in [0, 0.1) is 5.41 Å². The molecule has 152 valence electrons. The normalized spacial score (nSPS) is 12.3. The molecule has 1 N–H and O–H groups in total. The number of aryl methyl sites for hydroxylation is 1. The fourth-order valence-corrected chi connectivity index (χ4v) is 4.66. The van der Waals surface area contributed by atoms with Gasteiger partial charge in [-0.25, -0.2) is 9.97 Å². The summed E-state index contributed by atoms with van der Waals surface area (Å²) in [6.07, 6.45) is 4.36. The van der Waals surface area contributed by atoms with Crippen molar-refractivity contribution in [2.24, 2.45) is 5.41 Å². The summed E-state index contributed by atoms with van der Waals surface area (Å²) in [5, 5.41) is 4.94. The van der Waals surface area contributed by atoms with Gasteiger partial charge in [0.1, 0.15) is 5.69 Å². The van der Waals surface area contributed by atoms with Gasteiger partial charge in [0.25, 0.3) is 0 Å². The van der Waals surface area contributed by atoms with Gasteiger partial charge in [-0.15, -0.1) is 11.3 Å². The lowest BCUT2D eigenvalue weighted by atomic mass is 9.89. The zero-order chi connectivity index (χ0) is 20.9. The third kappa shape index (κ3) is 3.64. The predicted molar refractivity (Wildman–Crippen MR) is 127 cm³/mol. The van der Waals surface area contributed by atoms with E-state index in [1.165, 1.54) is 10.9 Å². The van der Waals surface area contributed by atoms with Crippen molar-refractivity contribution in [2.75, 3.05) is 0 Å². The molecule has 4 nitrogen and oxygen atoms in total. The number of fused-ring (bicyclic) bond motifs is 2. The number of imidazole rings is 1. The van der Waals surface area contributed by atoms with Crippen molar-refractivity contribution in [1.29, 1.82) is 0 Å². The zero-order valence-electron chi connectivity index (χ0n) is 17.2. The second-order valence-electron chi connectivity index (χ2n) is 8.86. The van der Waals surface area contributed by atoms with Crippen LogP contribution >= 0.6 is 22.9 Å². The van der Waals surface area contributed by atoms with Crippen molar-refractivity contribution in [1.82, 2.24) is 19.5 Å². The molecule has 0 aliphatic heterocycles. The van der Waals surface area contributed by atoms with Crippen LogP contribution in [0.25, 0.3) is 38.6 Å². The van der Waals surface area contributed by atoms with Crippen molar-refractivity contribution in [2.45, 2.75) is 33.6 Å². The monoisotopic (exact) mass is 434 g/mol. The van der Waals surface area contributed by atoms with Gasteiger partial charge in [-0.05, 0) is 48.1 Å². The van der Waals surface area contributed by atoms with Gasteiger partial charge in [-0.3, -0.25) is 4.57 Å². The predicted octanol–water partition coefficient (Wildman–Crippen LogP) is 7.26. The molecular weight excluding hydrogens is 412 g/mol. The number of para-hydroxylation sites is 2. The molecule has 0 radical (unpaired) electrons. The van der Waals surface area contributed by atoms with E-state index in [1.807, 2.05) is 36.4 Å². The van der Waals surface area contributed by atoms with Crippen molar-refractivity contribution in [3.05, 3.63) is 64.6 Å². The van der Waals surface area contributed by atoms with Crippen LogP contribution in [0.3, 0.4) is 0 Å². The van der Waals surface area contributed by atoms with Crippen molar-refractivity contribution >= 4 is 44.9 Å². The highest BCUT2D eigenvalue weighted by Gasteiger charge is 2.17. The Hall–Kier alpha value is -2.63. The highest BCUT2D eigenvalue weighted by molar-refractivity contribution is 7.12. The second kappa shape index (κ2) is 7.25. The van der Waals surface area contributed by atoms with Crippen molar-refractivity contribution in [3.63, 3.8) is 0 Å². The highest BCUT2D eigenvalue weighted by Crippen LogP contribution is 2.33. The van der Waals surface area contributed by atoms with Crippen LogP contribution in [-0.2, 0) is 6.42 Å². The molecule has 0 spiro atoms. The van der Waals surface area contributed by atoms with E-state index in [9.17, 15) is 0 Å². The Bertz CT molecular complexity index is 1320. The van der Waals surface area contributed by atoms with E-state index in [4.69, 9.17) is 16.6 Å². The summed E-state index contributed by atoms with van der Waals surface area (Å²) in [6.45, 7) is 6.84. The molecule has 6 heteroatoms. The number of thiazole rings is 1. The van der Waals surface area contributed by atoms with E-state index in [-0.39, 0.29) is 5.41 Å². The maximum atomic E-state index is 6.34. The number of nitrogens with zero attached hydrogens (tertiary/aromatic N) is 3. The summed E-state index contributed by atoms with van der Waals surface area (Å²) in [7, 11) is 0. The lowest BCUT2D eigenvalue weighted by Gasteiger charge is -2.17. The molecule has 0 bridgehead atoms. The van der Waals surface area contributed by atoms with E-state index in [1.54, 1.807) is 11.3 Å². The quantitative estimate of drug-likeness (QED) is 0.323. The summed E-state index contributed by atoms with van der Waals surface area (Å²) < 4.78 is 2.16. The molecule has 0 aliphatic carbocycles. The maximum absolute atomic E-state index is 6.34. The van der Waals surface area contributed by atoms with Crippen LogP contribution in [-0.4, -0.2) is 19.5 Å². The van der Waals surface area contributed by atoms with Crippen molar-refractivity contribution < 1.29 is 0 Å². The summed E-state index contributed by atoms with van der Waals surface area (Å²) in [4.78, 5) is 12.9. The van der Waals surface area contributed by atoms with Crippen LogP contribution < -0.4 is 0 Å². The first-order chi connectivity index (χ1) is 14.4. The van der Waals surface area contributed by atoms with Gasteiger partial charge in [0, 0.05) is 22.0 Å². The topological polar surface area (TPSA) is 46.5 Å². The van der Waals surface area contributed by atoms with E-state index >= 15 is 0 Å². The highest BCUT2D eigenvalue weighted by atomic mass is 35.5. The van der Waals surface area contributed by atoms with Gasteiger partial charge >= 0.3 is 0 Å². The minimum absolute atomic E-state index is 0.288. The van der Waals surface area contributed by atoms with Gasteiger partial charge in [0.15, 0.2) is 11.0 Å². The van der Waals surface area contributed by atoms with Gasteiger partial charge in [-0.2, -0.15) is 0 Å². The molecule has 30 heavy (non-hydrogen) atoms. The molecule has 3 aromatic heterocycles. The van der Waals surface area contributed by atoms with Gasteiger partial charge in [-0.1, -0.05) is 50.6 Å². The largest absolute Gasteiger partial charge is 0.337 e. The zero-order valence-corrected chi connectivity index (χ0v) is 18.8. The fraction of sp³-hybridized carbons (Fsp3) is 0.250. The van der Waals surface area contributed by atoms with Crippen molar-refractivity contribution in [3.8, 4) is 16.6 Å². The first kappa shape index (κ1) is 19.3. The number of rotatable bonds is 4. The van der Waals surface area contributed by atoms with E-state index in [0.717, 1.165) is 51.1 Å². The molecule has 0 atom stereocenters. The minimum Gasteiger partial charge on any atom is -0.337 e. The first-order valence-corrected chi connectivity index (χ1v) is 11.3. The maximum Gasteiger partial charge on any atom is 0.194 e. The van der Waals surface area contributed by atoms with E-state index < -0.39 is 0 Å². The summed E-state index contributed by atoms with van der Waals surface area (Å²) in [5.41, 5.74) is 5.53. The summed E-state index contributed by atoms with van der Waals surface area (Å²) >= 11 is 7.95. The number of halogens is 1. The molecule has 0 saturated carbocycles. The third-order valence-electron chi connectivity index (χ3n) is 5.32. The Kier molecular flexibility index (Phi) is 4.68. The minimum atomic E-state index is 0.288. The number of aromatic amines is 1. The fourth-order valence-electron chi connectivity index (χ4n) is 3.70. The Labute approximate surface area is 184 Å².